The average molecular weight is 342 g/mol. The van der Waals surface area contributed by atoms with Crippen LogP contribution in [0.25, 0.3) is 0 Å². The Labute approximate surface area is 149 Å². The first-order valence-electron chi connectivity index (χ1n) is 9.51. The summed E-state index contributed by atoms with van der Waals surface area (Å²) in [7, 11) is 0. The lowest BCUT2D eigenvalue weighted by atomic mass is 9.49. The van der Waals surface area contributed by atoms with E-state index in [1.54, 1.807) is 6.07 Å². The number of phenolic OH excluding ortho intramolecular Hbond substituents is 1. The first-order chi connectivity index (χ1) is 11.9. The van der Waals surface area contributed by atoms with Gasteiger partial charge in [-0.15, -0.1) is 6.42 Å². The van der Waals surface area contributed by atoms with Crippen LogP contribution in [-0.2, 0) is 6.42 Å². The van der Waals surface area contributed by atoms with Crippen LogP contribution in [0.5, 0.6) is 5.75 Å². The fraction of sp³-hybridized carbons (Fsp3) is 0.636. The van der Waals surface area contributed by atoms with Crippen molar-refractivity contribution in [2.75, 3.05) is 0 Å². The molecular formula is C22H27FO2. The highest BCUT2D eigenvalue weighted by atomic mass is 19.1. The minimum atomic E-state index is -1.65. The Hall–Kier alpha value is -1.53. The van der Waals surface area contributed by atoms with Crippen molar-refractivity contribution in [1.29, 1.82) is 0 Å². The molecule has 0 aromatic heterocycles. The van der Waals surface area contributed by atoms with Gasteiger partial charge in [0.2, 0.25) is 0 Å². The second-order valence-corrected chi connectivity index (χ2v) is 8.62. The summed E-state index contributed by atoms with van der Waals surface area (Å²) in [5, 5.41) is 20.8. The number of phenols is 1. The molecule has 0 bridgehead atoms. The summed E-state index contributed by atoms with van der Waals surface area (Å²) in [6.45, 7) is 4.19. The molecule has 2 nitrogen and oxygen atoms in total. The molecule has 2 fully saturated rings. The molecule has 134 valence electrons. The van der Waals surface area contributed by atoms with Crippen LogP contribution in [0.15, 0.2) is 18.2 Å². The number of hydrogen-bond donors (Lipinski definition) is 2. The van der Waals surface area contributed by atoms with Crippen LogP contribution in [0, 0.1) is 35.5 Å². The van der Waals surface area contributed by atoms with Crippen LogP contribution in [0.2, 0.25) is 0 Å². The molecule has 1 aromatic carbocycles. The zero-order valence-electron chi connectivity index (χ0n) is 15.0. The van der Waals surface area contributed by atoms with Crippen molar-refractivity contribution in [2.24, 2.45) is 23.2 Å². The molecule has 0 amide bonds. The Balaban J connectivity index is 1.81. The maximum Gasteiger partial charge on any atom is 0.161 e. The highest BCUT2D eigenvalue weighted by molar-refractivity contribution is 5.41. The summed E-state index contributed by atoms with van der Waals surface area (Å²) >= 11 is 0. The summed E-state index contributed by atoms with van der Waals surface area (Å²) in [6.07, 6.45) is 8.28. The number of hydrogen-bond acceptors (Lipinski definition) is 2. The van der Waals surface area contributed by atoms with Crippen LogP contribution >= 0.6 is 0 Å². The number of fused-ring (bicyclic) bond motifs is 5. The van der Waals surface area contributed by atoms with E-state index >= 15 is 0 Å². The number of rotatable bonds is 1. The molecule has 0 aliphatic heterocycles. The topological polar surface area (TPSA) is 40.5 Å². The van der Waals surface area contributed by atoms with E-state index < -0.39 is 17.2 Å². The molecular weight excluding hydrogens is 315 g/mol. The molecule has 0 spiro atoms. The van der Waals surface area contributed by atoms with Gasteiger partial charge in [0, 0.05) is 5.41 Å². The number of aromatic hydroxyl groups is 1. The Morgan fingerprint density at radius 1 is 1.40 bits per heavy atom. The van der Waals surface area contributed by atoms with Crippen molar-refractivity contribution in [3.8, 4) is 18.1 Å². The Bertz CT molecular complexity index is 738. The van der Waals surface area contributed by atoms with E-state index in [4.69, 9.17) is 6.42 Å². The van der Waals surface area contributed by atoms with Gasteiger partial charge in [-0.2, -0.15) is 0 Å². The normalized spacial score (nSPS) is 45.2. The van der Waals surface area contributed by atoms with E-state index in [2.05, 4.69) is 18.9 Å². The largest absolute Gasteiger partial charge is 0.508 e. The maximum absolute atomic E-state index is 14.8. The summed E-state index contributed by atoms with van der Waals surface area (Å²) in [5.74, 6) is 3.97. The molecule has 3 aliphatic carbocycles. The molecule has 25 heavy (non-hydrogen) atoms. The van der Waals surface area contributed by atoms with E-state index in [0.717, 1.165) is 25.7 Å². The predicted octanol–water partition coefficient (Wildman–Crippen LogP) is 4.20. The van der Waals surface area contributed by atoms with Gasteiger partial charge < -0.3 is 10.2 Å². The third-order valence-electron chi connectivity index (χ3n) is 7.75. The minimum Gasteiger partial charge on any atom is -0.508 e. The van der Waals surface area contributed by atoms with E-state index in [9.17, 15) is 14.6 Å². The van der Waals surface area contributed by atoms with Crippen molar-refractivity contribution >= 4 is 0 Å². The molecule has 0 unspecified atom stereocenters. The summed E-state index contributed by atoms with van der Waals surface area (Å²) in [6, 6.07) is 5.71. The molecule has 0 saturated heterocycles. The van der Waals surface area contributed by atoms with Gasteiger partial charge in [-0.3, -0.25) is 0 Å². The van der Waals surface area contributed by atoms with Crippen LogP contribution in [-0.4, -0.2) is 22.0 Å². The van der Waals surface area contributed by atoms with Gasteiger partial charge in [-0.1, -0.05) is 32.3 Å². The van der Waals surface area contributed by atoms with E-state index in [-0.39, 0.29) is 5.92 Å². The molecule has 2 N–H and O–H groups in total. The van der Waals surface area contributed by atoms with Gasteiger partial charge in [0.05, 0.1) is 0 Å². The van der Waals surface area contributed by atoms with Crippen molar-refractivity contribution < 1.29 is 14.6 Å². The van der Waals surface area contributed by atoms with E-state index in [1.165, 1.54) is 11.1 Å². The monoisotopic (exact) mass is 342 g/mol. The minimum absolute atomic E-state index is 0.110. The summed E-state index contributed by atoms with van der Waals surface area (Å²) < 4.78 is 14.8. The summed E-state index contributed by atoms with van der Waals surface area (Å²) in [5.41, 5.74) is 0.336. The molecule has 2 saturated carbocycles. The number of benzene rings is 1. The Kier molecular flexibility index (Phi) is 3.71. The van der Waals surface area contributed by atoms with E-state index in [1.807, 2.05) is 13.0 Å². The number of aliphatic hydroxyl groups is 1. The van der Waals surface area contributed by atoms with Crippen LogP contribution < -0.4 is 0 Å². The SMILES string of the molecule is C#C[C@]1(O)[C@@H](F)C[C@H]2[C@@H]3CCc4cc(O)ccc4[C@H]3[C@@H](CC)C[C@@]21C. The third-order valence-corrected chi connectivity index (χ3v) is 7.75. The van der Waals surface area contributed by atoms with Gasteiger partial charge in [-0.25, -0.2) is 4.39 Å². The molecule has 3 aliphatic rings. The maximum atomic E-state index is 14.8. The number of aryl methyl sites for hydroxylation is 1. The second kappa shape index (κ2) is 5.48. The lowest BCUT2D eigenvalue weighted by Gasteiger charge is -2.55. The third kappa shape index (κ3) is 2.07. The first-order valence-corrected chi connectivity index (χ1v) is 9.51. The van der Waals surface area contributed by atoms with Crippen molar-refractivity contribution in [1.82, 2.24) is 0 Å². The highest BCUT2D eigenvalue weighted by Gasteiger charge is 2.67. The van der Waals surface area contributed by atoms with Gasteiger partial charge >= 0.3 is 0 Å². The average Bonchev–Trinajstić information content (AvgIpc) is 2.81. The van der Waals surface area contributed by atoms with Crippen molar-refractivity contribution in [2.45, 2.75) is 63.6 Å². The predicted molar refractivity (Wildman–Crippen MR) is 95.9 cm³/mol. The number of halogens is 1. The lowest BCUT2D eigenvalue weighted by Crippen LogP contribution is -2.54. The first kappa shape index (κ1) is 16.9. The van der Waals surface area contributed by atoms with Crippen LogP contribution in [0.4, 0.5) is 4.39 Å². The molecule has 0 heterocycles. The Morgan fingerprint density at radius 3 is 2.84 bits per heavy atom. The second-order valence-electron chi connectivity index (χ2n) is 8.62. The highest BCUT2D eigenvalue weighted by Crippen LogP contribution is 2.66. The van der Waals surface area contributed by atoms with Crippen LogP contribution in [0.3, 0.4) is 0 Å². The van der Waals surface area contributed by atoms with Gasteiger partial charge in [0.1, 0.15) is 11.9 Å². The molecule has 1 aromatic rings. The van der Waals surface area contributed by atoms with Crippen molar-refractivity contribution in [3.63, 3.8) is 0 Å². The lowest BCUT2D eigenvalue weighted by molar-refractivity contribution is -0.100. The molecule has 0 radical (unpaired) electrons. The molecule has 7 atom stereocenters. The zero-order valence-corrected chi connectivity index (χ0v) is 15.0. The van der Waals surface area contributed by atoms with E-state index in [0.29, 0.717) is 29.9 Å². The van der Waals surface area contributed by atoms with Gasteiger partial charge in [0.15, 0.2) is 5.60 Å². The Morgan fingerprint density at radius 2 is 2.16 bits per heavy atom. The molecule has 3 heteroatoms. The fourth-order valence-corrected chi connectivity index (χ4v) is 6.49. The quantitative estimate of drug-likeness (QED) is 0.751. The number of terminal acetylenes is 1. The van der Waals surface area contributed by atoms with Gasteiger partial charge in [-0.05, 0) is 72.6 Å². The standard InChI is InChI=1S/C22H27FO2/c1-4-13-12-21(3)18(11-19(23)22(21,25)5-2)17-8-6-14-10-15(24)7-9-16(14)20(13)17/h2,7,9-10,13,17-20,24-25H,4,6,8,11-12H2,1,3H3/t13-,17-,18-,19-,20+,21-,22-/m0/s1. The van der Waals surface area contributed by atoms with Gasteiger partial charge in [0.25, 0.3) is 0 Å². The fourth-order valence-electron chi connectivity index (χ4n) is 6.49. The van der Waals surface area contributed by atoms with Crippen molar-refractivity contribution in [3.05, 3.63) is 29.3 Å². The zero-order chi connectivity index (χ0) is 18.0. The molecule has 4 rings (SSSR count). The summed E-state index contributed by atoms with van der Waals surface area (Å²) in [4.78, 5) is 0. The number of alkyl halides is 1. The smallest absolute Gasteiger partial charge is 0.161 e. The van der Waals surface area contributed by atoms with Crippen LogP contribution in [0.1, 0.15) is 56.6 Å².